The van der Waals surface area contributed by atoms with Crippen LogP contribution < -0.4 is 0 Å². The van der Waals surface area contributed by atoms with Gasteiger partial charge in [-0.1, -0.05) is 416 Å². The zero-order valence-corrected chi connectivity index (χ0v) is 82.4. The Morgan fingerprint density at radius 2 is 0.275 bits per heavy atom. The molecule has 0 aliphatic heterocycles. The van der Waals surface area contributed by atoms with Crippen LogP contribution in [0.5, 0.6) is 0 Å². The second-order valence-corrected chi connectivity index (χ2v) is 42.8. The van der Waals surface area contributed by atoms with E-state index in [1.165, 1.54) is 33.4 Å². The highest BCUT2D eigenvalue weighted by Crippen LogP contribution is 2.46. The van der Waals surface area contributed by atoms with E-state index in [4.69, 9.17) is 44.9 Å². The molecule has 6 heterocycles. The predicted molar refractivity (Wildman–Crippen MR) is 577 cm³/mol. The summed E-state index contributed by atoms with van der Waals surface area (Å²) in [7, 11) is 0. The number of hydrogen-bond donors (Lipinski definition) is 0. The van der Waals surface area contributed by atoms with E-state index in [9.17, 15) is 0 Å². The number of aromatic nitrogens is 9. The summed E-state index contributed by atoms with van der Waals surface area (Å²) in [6.45, 7) is 40.4. The van der Waals surface area contributed by atoms with Crippen LogP contribution in [0.2, 0.25) is 0 Å². The van der Waals surface area contributed by atoms with Crippen molar-refractivity contribution in [3.05, 3.63) is 416 Å². The van der Waals surface area contributed by atoms with Crippen LogP contribution in [0.1, 0.15) is 158 Å². The largest absolute Gasteiger partial charge is 0.255 e. The number of rotatable bonds is 18. The lowest BCUT2D eigenvalue weighted by Crippen LogP contribution is -2.10. The number of hydrogen-bond acceptors (Lipinski definition) is 9. The first-order valence-electron chi connectivity index (χ1n) is 48.1. The Kier molecular flexibility index (Phi) is 24.6. The second kappa shape index (κ2) is 37.0. The molecule has 0 aliphatic rings. The summed E-state index contributed by atoms with van der Waals surface area (Å²) in [5, 5.41) is 0. The topological polar surface area (TPSA) is 116 Å². The molecule has 0 atom stereocenters. The molecule has 0 bridgehead atoms. The molecular formula is C129H117N9. The zero-order chi connectivity index (χ0) is 96.2. The molecule has 0 amide bonds. The van der Waals surface area contributed by atoms with E-state index in [1.54, 1.807) is 0 Å². The maximum atomic E-state index is 5.24. The van der Waals surface area contributed by atoms with Crippen molar-refractivity contribution >= 4 is 0 Å². The smallest absolute Gasteiger partial charge is 0.161 e. The van der Waals surface area contributed by atoms with Gasteiger partial charge in [-0.05, 0) is 205 Å². The summed E-state index contributed by atoms with van der Waals surface area (Å²) in [6.07, 6.45) is 5.73. The van der Waals surface area contributed by atoms with Gasteiger partial charge >= 0.3 is 0 Å². The van der Waals surface area contributed by atoms with Crippen LogP contribution in [0.3, 0.4) is 0 Å². The average molecular weight is 1790 g/mol. The molecule has 6 aromatic heterocycles. The van der Waals surface area contributed by atoms with E-state index >= 15 is 0 Å². The van der Waals surface area contributed by atoms with Gasteiger partial charge in [-0.3, -0.25) is 15.0 Å². The van der Waals surface area contributed by atoms with E-state index < -0.39 is 0 Å². The Hall–Kier alpha value is -15.5. The van der Waals surface area contributed by atoms with Crippen molar-refractivity contribution in [1.29, 1.82) is 0 Å². The quantitative estimate of drug-likeness (QED) is 0.0828. The van der Waals surface area contributed by atoms with Crippen LogP contribution >= 0.6 is 0 Å². The minimum absolute atomic E-state index is 0.0168. The van der Waals surface area contributed by atoms with E-state index in [1.807, 2.05) is 18.6 Å². The standard InChI is InChI=1S/C129H117N9/c1-124(2,3)100-58-43-88(44-59-100)115-76-116(89-45-60-101(61-46-89)125(4,5)6)134-121(133-115)94-55-70-112(130-79-94)85-37-31-82(32-38-85)106-25-19-22-28-109(106)97-73-98(110-29-23-20-26-107(110)83-33-39-86(40-34-83)113-71-56-95(80-131-113)122-135-117(90-47-62-102(63-48-90)126(7,8)9)77-118(136-122)91-49-64-103(65-50-91)127(10,11)12)75-99(74-97)111-30-24-21-27-108(111)84-35-41-87(42-36-84)114-72-57-96(81-132-114)123-137-119(92-51-66-104(67-52-92)128(13,14)15)78-120(138-123)93-53-68-105(69-54-93)129(16,17)18/h19-81H,1-18H3. The fourth-order valence-corrected chi connectivity index (χ4v) is 18.1. The number of nitrogens with zero attached hydrogens (tertiary/aromatic N) is 9. The minimum atomic E-state index is 0.0168. The SMILES string of the molecule is CC(C)(C)c1ccc(-c2cc(-c3ccc(C(C)(C)C)cc3)nc(-c3ccc(-c4ccc(-c5ccccc5-c5cc(-c6ccccc6-c6ccc(-c7ccc(-c8nc(-c9ccc(C(C)(C)C)cc9)cc(-c9ccc(C(C)(C)C)cc9)n8)cn7)cc6)cc(-c6ccccc6-c6ccc(-c7ccc(-c8nc(-c9ccc(C(C)(C)C)cc9)cc(-c9ccc(C(C)(C)C)cc9)n8)cn7)cc6)c5)cc4)nc3)n2)cc1. The van der Waals surface area contributed by atoms with Gasteiger partial charge < -0.3 is 0 Å². The summed E-state index contributed by atoms with van der Waals surface area (Å²) < 4.78 is 0. The average Bonchev–Trinajstić information content (AvgIpc) is 0.761. The molecule has 0 aliphatic carbocycles. The van der Waals surface area contributed by atoms with Crippen LogP contribution in [-0.2, 0) is 32.5 Å². The molecule has 0 spiro atoms. The van der Waals surface area contributed by atoms with Gasteiger partial charge in [0, 0.05) is 85.4 Å². The van der Waals surface area contributed by atoms with E-state index in [0.29, 0.717) is 17.5 Å². The molecule has 678 valence electrons. The lowest BCUT2D eigenvalue weighted by atomic mass is 9.86. The third-order valence-electron chi connectivity index (χ3n) is 26.6. The predicted octanol–water partition coefficient (Wildman–Crippen LogP) is 34.0. The summed E-state index contributed by atoms with van der Waals surface area (Å²) >= 11 is 0. The maximum Gasteiger partial charge on any atom is 0.161 e. The van der Waals surface area contributed by atoms with Gasteiger partial charge in [-0.25, -0.2) is 29.9 Å². The van der Waals surface area contributed by atoms with Crippen LogP contribution in [0, 0.1) is 0 Å². The van der Waals surface area contributed by atoms with Crippen molar-refractivity contribution in [2.24, 2.45) is 0 Å². The zero-order valence-electron chi connectivity index (χ0n) is 82.4. The third-order valence-corrected chi connectivity index (χ3v) is 26.6. The molecule has 19 aromatic rings. The molecule has 0 fully saturated rings. The number of benzene rings is 13. The fourth-order valence-electron chi connectivity index (χ4n) is 18.1. The van der Waals surface area contributed by atoms with Gasteiger partial charge in [0.05, 0.1) is 51.2 Å². The van der Waals surface area contributed by atoms with Gasteiger partial charge in [0.15, 0.2) is 17.5 Å². The van der Waals surface area contributed by atoms with Crippen molar-refractivity contribution in [3.63, 3.8) is 0 Å². The molecule has 9 heteroatoms. The second-order valence-electron chi connectivity index (χ2n) is 42.8. The first-order valence-corrected chi connectivity index (χ1v) is 48.1. The molecule has 0 unspecified atom stereocenters. The van der Waals surface area contributed by atoms with Gasteiger partial charge in [-0.15, -0.1) is 0 Å². The highest BCUT2D eigenvalue weighted by atomic mass is 14.9. The number of pyridine rings is 3. The van der Waals surface area contributed by atoms with Gasteiger partial charge in [-0.2, -0.15) is 0 Å². The summed E-state index contributed by atoms with van der Waals surface area (Å²) in [6, 6.07) is 132. The molecule has 9 nitrogen and oxygen atoms in total. The van der Waals surface area contributed by atoms with E-state index in [-0.39, 0.29) is 32.5 Å². The molecule has 0 radical (unpaired) electrons. The van der Waals surface area contributed by atoms with Crippen molar-refractivity contribution < 1.29 is 0 Å². The van der Waals surface area contributed by atoms with Crippen molar-refractivity contribution in [2.45, 2.75) is 157 Å². The van der Waals surface area contributed by atoms with Gasteiger partial charge in [0.1, 0.15) is 0 Å². The van der Waals surface area contributed by atoms with Crippen molar-refractivity contribution in [2.75, 3.05) is 0 Å². The molecule has 19 rings (SSSR count). The highest BCUT2D eigenvalue weighted by Gasteiger charge is 2.26. The Balaban J connectivity index is 0.653. The van der Waals surface area contributed by atoms with E-state index in [2.05, 4.69) is 489 Å². The maximum absolute atomic E-state index is 5.24. The Morgan fingerprint density at radius 1 is 0.130 bits per heavy atom. The van der Waals surface area contributed by atoms with Crippen LogP contribution in [0.25, 0.3) is 202 Å². The summed E-state index contributed by atoms with van der Waals surface area (Å²) in [4.78, 5) is 46.9. The Morgan fingerprint density at radius 3 is 0.435 bits per heavy atom. The Bertz CT molecular complexity index is 6660. The lowest BCUT2D eigenvalue weighted by Gasteiger charge is -2.19. The molecule has 0 saturated heterocycles. The van der Waals surface area contributed by atoms with Crippen LogP contribution in [0.15, 0.2) is 383 Å². The summed E-state index contributed by atoms with van der Waals surface area (Å²) in [5.74, 6) is 1.85. The molecule has 0 saturated carbocycles. The monoisotopic (exact) mass is 1790 g/mol. The molecule has 0 N–H and O–H groups in total. The van der Waals surface area contributed by atoms with Gasteiger partial charge in [0.25, 0.3) is 0 Å². The summed E-state index contributed by atoms with van der Waals surface area (Å²) in [5.41, 5.74) is 40.1. The highest BCUT2D eigenvalue weighted by molar-refractivity contribution is 5.95. The first kappa shape index (κ1) is 91.7. The Labute approximate surface area is 814 Å². The normalized spacial score (nSPS) is 12.1. The third kappa shape index (κ3) is 20.0. The fraction of sp³-hybridized carbons (Fsp3) is 0.186. The molecule has 138 heavy (non-hydrogen) atoms. The van der Waals surface area contributed by atoms with Crippen LogP contribution in [0.4, 0.5) is 0 Å². The van der Waals surface area contributed by atoms with E-state index in [0.717, 1.165) is 185 Å². The van der Waals surface area contributed by atoms with Crippen LogP contribution in [-0.4, -0.2) is 44.9 Å². The van der Waals surface area contributed by atoms with Crippen molar-refractivity contribution in [3.8, 4) is 202 Å². The van der Waals surface area contributed by atoms with Gasteiger partial charge in [0.2, 0.25) is 0 Å². The lowest BCUT2D eigenvalue weighted by molar-refractivity contribution is 0.590. The first-order chi connectivity index (χ1) is 66.1. The van der Waals surface area contributed by atoms with Crippen molar-refractivity contribution in [1.82, 2.24) is 44.9 Å². The minimum Gasteiger partial charge on any atom is -0.255 e. The molecule has 13 aromatic carbocycles. The molecular weight excluding hydrogens is 1680 g/mol.